The zero-order chi connectivity index (χ0) is 21.9. The van der Waals surface area contributed by atoms with Crippen molar-refractivity contribution >= 4 is 37.5 Å². The highest BCUT2D eigenvalue weighted by Crippen LogP contribution is 2.25. The Bertz CT molecular complexity index is 985. The number of benzene rings is 2. The molecule has 0 aromatic heterocycles. The van der Waals surface area contributed by atoms with E-state index in [0.29, 0.717) is 32.1 Å². The van der Waals surface area contributed by atoms with Crippen molar-refractivity contribution in [3.05, 3.63) is 58.6 Å². The van der Waals surface area contributed by atoms with E-state index in [0.717, 1.165) is 15.7 Å². The monoisotopic (exact) mass is 493 g/mol. The number of sulfonamides is 1. The highest BCUT2D eigenvalue weighted by Gasteiger charge is 2.32. The minimum atomic E-state index is -3.53. The first kappa shape index (κ1) is 22.9. The molecule has 1 aliphatic heterocycles. The maximum absolute atomic E-state index is 12.9. The molecular formula is C22H28BrN3O3S. The lowest BCUT2D eigenvalue weighted by molar-refractivity contribution is -0.121. The van der Waals surface area contributed by atoms with E-state index in [1.807, 2.05) is 36.1 Å². The van der Waals surface area contributed by atoms with Gasteiger partial charge in [0.2, 0.25) is 15.9 Å². The Labute approximate surface area is 187 Å². The second-order valence-electron chi connectivity index (χ2n) is 7.80. The van der Waals surface area contributed by atoms with Crippen LogP contribution >= 0.6 is 15.9 Å². The zero-order valence-electron chi connectivity index (χ0n) is 17.5. The number of anilines is 1. The number of rotatable bonds is 6. The van der Waals surface area contributed by atoms with Gasteiger partial charge in [-0.15, -0.1) is 0 Å². The van der Waals surface area contributed by atoms with Gasteiger partial charge in [-0.3, -0.25) is 9.69 Å². The molecule has 0 radical (unpaired) electrons. The molecule has 0 spiro atoms. The molecule has 1 aliphatic rings. The van der Waals surface area contributed by atoms with Gasteiger partial charge in [-0.05, 0) is 48.7 Å². The predicted molar refractivity (Wildman–Crippen MR) is 123 cm³/mol. The molecule has 1 amide bonds. The molecule has 3 rings (SSSR count). The Morgan fingerprint density at radius 3 is 2.17 bits per heavy atom. The highest BCUT2D eigenvalue weighted by atomic mass is 79.9. The van der Waals surface area contributed by atoms with Crippen LogP contribution < -0.4 is 5.32 Å². The predicted octanol–water partition coefficient (Wildman–Crippen LogP) is 3.91. The first-order valence-corrected chi connectivity index (χ1v) is 12.3. The first-order valence-electron chi connectivity index (χ1n) is 10.1. The second kappa shape index (κ2) is 9.60. The third kappa shape index (κ3) is 5.11. The number of halogens is 1. The molecule has 1 N–H and O–H groups in total. The molecule has 0 saturated carbocycles. The summed E-state index contributed by atoms with van der Waals surface area (Å²) in [7, 11) is -3.53. The van der Waals surface area contributed by atoms with Gasteiger partial charge >= 0.3 is 0 Å². The third-order valence-corrected chi connectivity index (χ3v) is 7.93. The van der Waals surface area contributed by atoms with Crippen LogP contribution in [0.15, 0.2) is 57.9 Å². The van der Waals surface area contributed by atoms with Crippen molar-refractivity contribution < 1.29 is 13.2 Å². The number of hydrogen-bond acceptors (Lipinski definition) is 4. The fourth-order valence-electron chi connectivity index (χ4n) is 3.60. The number of nitrogens with one attached hydrogen (secondary N) is 1. The van der Waals surface area contributed by atoms with E-state index in [1.165, 1.54) is 4.31 Å². The average Bonchev–Trinajstić information content (AvgIpc) is 2.74. The highest BCUT2D eigenvalue weighted by molar-refractivity contribution is 9.10. The first-order chi connectivity index (χ1) is 14.2. The summed E-state index contributed by atoms with van der Waals surface area (Å²) in [5, 5.41) is 3.04. The topological polar surface area (TPSA) is 69.7 Å². The number of nitrogens with zero attached hydrogens (tertiary/aromatic N) is 2. The molecule has 30 heavy (non-hydrogen) atoms. The minimum Gasteiger partial charge on any atom is -0.324 e. The second-order valence-corrected chi connectivity index (χ2v) is 10.7. The van der Waals surface area contributed by atoms with Gasteiger partial charge in [0.15, 0.2) is 0 Å². The maximum Gasteiger partial charge on any atom is 0.243 e. The Kier molecular flexibility index (Phi) is 7.34. The number of para-hydroxylation sites is 1. The van der Waals surface area contributed by atoms with Crippen LogP contribution in [0.25, 0.3) is 0 Å². The van der Waals surface area contributed by atoms with E-state index in [-0.39, 0.29) is 16.8 Å². The number of carbonyl (C=O) groups is 1. The Morgan fingerprint density at radius 2 is 1.57 bits per heavy atom. The van der Waals surface area contributed by atoms with Crippen molar-refractivity contribution in [2.45, 2.75) is 37.6 Å². The van der Waals surface area contributed by atoms with Crippen LogP contribution in [-0.4, -0.2) is 55.8 Å². The zero-order valence-corrected chi connectivity index (χ0v) is 19.9. The number of piperazine rings is 1. The van der Waals surface area contributed by atoms with E-state index in [2.05, 4.69) is 35.1 Å². The normalized spacial score (nSPS) is 17.1. The summed E-state index contributed by atoms with van der Waals surface area (Å²) in [5.74, 6) is 0.233. The summed E-state index contributed by atoms with van der Waals surface area (Å²) < 4.78 is 28.1. The summed E-state index contributed by atoms with van der Waals surface area (Å²) in [6.07, 6.45) is 0. The van der Waals surface area contributed by atoms with Crippen molar-refractivity contribution in [2.24, 2.45) is 0 Å². The molecule has 1 saturated heterocycles. The molecule has 6 nitrogen and oxygen atoms in total. The van der Waals surface area contributed by atoms with E-state index >= 15 is 0 Å². The van der Waals surface area contributed by atoms with Crippen molar-refractivity contribution in [3.63, 3.8) is 0 Å². The average molecular weight is 494 g/mol. The molecule has 2 aromatic rings. The van der Waals surface area contributed by atoms with Crippen LogP contribution in [0.4, 0.5) is 5.69 Å². The lowest BCUT2D eigenvalue weighted by atomic mass is 10.0. The molecule has 8 heteroatoms. The van der Waals surface area contributed by atoms with Gasteiger partial charge < -0.3 is 5.32 Å². The molecule has 1 atom stereocenters. The fourth-order valence-corrected chi connectivity index (χ4v) is 5.29. The molecule has 2 aromatic carbocycles. The van der Waals surface area contributed by atoms with Crippen LogP contribution in [0.5, 0.6) is 0 Å². The van der Waals surface area contributed by atoms with Crippen LogP contribution in [0.3, 0.4) is 0 Å². The molecule has 0 aliphatic carbocycles. The Hall–Kier alpha value is -1.74. The number of carbonyl (C=O) groups excluding carboxylic acids is 1. The van der Waals surface area contributed by atoms with E-state index in [9.17, 15) is 13.2 Å². The smallest absolute Gasteiger partial charge is 0.243 e. The molecule has 0 bridgehead atoms. The lowest BCUT2D eigenvalue weighted by Crippen LogP contribution is -2.53. The van der Waals surface area contributed by atoms with E-state index < -0.39 is 10.0 Å². The van der Waals surface area contributed by atoms with E-state index in [4.69, 9.17) is 0 Å². The summed E-state index contributed by atoms with van der Waals surface area (Å²) in [4.78, 5) is 15.1. The van der Waals surface area contributed by atoms with Crippen molar-refractivity contribution in [3.8, 4) is 0 Å². The minimum absolute atomic E-state index is 0.0766. The SMILES string of the molecule is CC(C)c1ccccc1NC(=O)[C@H](C)N1CCN(S(=O)(=O)c2ccc(Br)cc2)CC1. The largest absolute Gasteiger partial charge is 0.324 e. The Morgan fingerprint density at radius 1 is 0.967 bits per heavy atom. The summed E-state index contributed by atoms with van der Waals surface area (Å²) in [6.45, 7) is 7.80. The van der Waals surface area contributed by atoms with E-state index in [1.54, 1.807) is 24.3 Å². The Balaban J connectivity index is 1.62. The molecular weight excluding hydrogens is 466 g/mol. The van der Waals surface area contributed by atoms with Crippen molar-refractivity contribution in [2.75, 3.05) is 31.5 Å². The van der Waals surface area contributed by atoms with Crippen LogP contribution in [0, 0.1) is 0 Å². The third-order valence-electron chi connectivity index (χ3n) is 5.49. The van der Waals surface area contributed by atoms with Crippen LogP contribution in [0.2, 0.25) is 0 Å². The van der Waals surface area contributed by atoms with Crippen molar-refractivity contribution in [1.82, 2.24) is 9.21 Å². The number of hydrogen-bond donors (Lipinski definition) is 1. The van der Waals surface area contributed by atoms with Gasteiger partial charge in [0.05, 0.1) is 10.9 Å². The summed E-state index contributed by atoms with van der Waals surface area (Å²) in [5.41, 5.74) is 1.93. The van der Waals surface area contributed by atoms with Gasteiger partial charge in [-0.2, -0.15) is 4.31 Å². The summed E-state index contributed by atoms with van der Waals surface area (Å²) >= 11 is 3.33. The van der Waals surface area contributed by atoms with Crippen LogP contribution in [-0.2, 0) is 14.8 Å². The molecule has 1 fully saturated rings. The maximum atomic E-state index is 12.9. The van der Waals surface area contributed by atoms with Gasteiger partial charge in [0.1, 0.15) is 0 Å². The fraction of sp³-hybridized carbons (Fsp3) is 0.409. The molecule has 162 valence electrons. The van der Waals surface area contributed by atoms with Crippen LogP contribution in [0.1, 0.15) is 32.3 Å². The van der Waals surface area contributed by atoms with Crippen molar-refractivity contribution in [1.29, 1.82) is 0 Å². The van der Waals surface area contributed by atoms with Gasteiger partial charge in [-0.25, -0.2) is 8.42 Å². The van der Waals surface area contributed by atoms with Gasteiger partial charge in [-0.1, -0.05) is 48.0 Å². The van der Waals surface area contributed by atoms with Gasteiger partial charge in [0.25, 0.3) is 0 Å². The molecule has 1 heterocycles. The quantitative estimate of drug-likeness (QED) is 0.662. The lowest BCUT2D eigenvalue weighted by Gasteiger charge is -2.36. The molecule has 0 unspecified atom stereocenters. The van der Waals surface area contributed by atoms with Gasteiger partial charge in [0, 0.05) is 36.3 Å². The standard InChI is InChI=1S/C22H28BrN3O3S/c1-16(2)20-6-4-5-7-21(20)24-22(27)17(3)25-12-14-26(15-13-25)30(28,29)19-10-8-18(23)9-11-19/h4-11,16-17H,12-15H2,1-3H3,(H,24,27)/t17-/m0/s1. The number of amides is 1. The summed E-state index contributed by atoms with van der Waals surface area (Å²) in [6, 6.07) is 14.1.